The molecule has 18 heavy (non-hydrogen) atoms. The smallest absolute Gasteiger partial charge is 0.265 e. The Morgan fingerprint density at radius 2 is 2.06 bits per heavy atom. The van der Waals surface area contributed by atoms with Crippen molar-refractivity contribution in [1.82, 2.24) is 9.97 Å². The van der Waals surface area contributed by atoms with E-state index in [0.29, 0.717) is 10.3 Å². The van der Waals surface area contributed by atoms with Crippen molar-refractivity contribution in [3.8, 4) is 0 Å². The zero-order valence-electron chi connectivity index (χ0n) is 10.9. The van der Waals surface area contributed by atoms with Gasteiger partial charge in [-0.15, -0.1) is 0 Å². The lowest BCUT2D eigenvalue weighted by atomic mass is 9.84. The molecule has 0 amide bonds. The topological polar surface area (TPSA) is 55.0 Å². The van der Waals surface area contributed by atoms with E-state index in [2.05, 4.69) is 25.9 Å². The van der Waals surface area contributed by atoms with Gasteiger partial charge in [-0.2, -0.15) is 0 Å². The van der Waals surface area contributed by atoms with Crippen LogP contribution in [0, 0.1) is 0 Å². The molecule has 0 atom stereocenters. The SMILES string of the molecule is CCc1nc(C2(OC)CCCCC2)[nH]c(=O)c1Br. The number of aryl methyl sites for hydroxylation is 1. The second-order valence-corrected chi connectivity index (χ2v) is 5.58. The maximum Gasteiger partial charge on any atom is 0.265 e. The molecule has 1 aliphatic rings. The number of hydrogen-bond acceptors (Lipinski definition) is 3. The maximum atomic E-state index is 11.9. The second-order valence-electron chi connectivity index (χ2n) is 4.79. The molecule has 1 aromatic rings. The van der Waals surface area contributed by atoms with Crippen molar-refractivity contribution in [2.45, 2.75) is 51.0 Å². The summed E-state index contributed by atoms with van der Waals surface area (Å²) in [5, 5.41) is 0. The number of hydrogen-bond donors (Lipinski definition) is 1. The minimum Gasteiger partial charge on any atom is -0.370 e. The number of nitrogens with zero attached hydrogens (tertiary/aromatic N) is 1. The molecular formula is C13H19BrN2O2. The van der Waals surface area contributed by atoms with Crippen molar-refractivity contribution in [3.63, 3.8) is 0 Å². The number of methoxy groups -OCH3 is 1. The van der Waals surface area contributed by atoms with Crippen LogP contribution in [0.2, 0.25) is 0 Å². The lowest BCUT2D eigenvalue weighted by Gasteiger charge is -2.35. The van der Waals surface area contributed by atoms with Crippen LogP contribution in [0.15, 0.2) is 9.27 Å². The number of halogens is 1. The van der Waals surface area contributed by atoms with E-state index < -0.39 is 5.60 Å². The van der Waals surface area contributed by atoms with Gasteiger partial charge < -0.3 is 9.72 Å². The highest BCUT2D eigenvalue weighted by molar-refractivity contribution is 9.10. The van der Waals surface area contributed by atoms with Crippen molar-refractivity contribution in [2.75, 3.05) is 7.11 Å². The number of nitrogens with one attached hydrogen (secondary N) is 1. The van der Waals surface area contributed by atoms with E-state index in [4.69, 9.17) is 4.74 Å². The molecule has 1 fully saturated rings. The molecule has 0 radical (unpaired) electrons. The van der Waals surface area contributed by atoms with Gasteiger partial charge in [0.2, 0.25) is 0 Å². The Kier molecular flexibility index (Phi) is 4.22. The molecule has 0 aliphatic heterocycles. The fourth-order valence-corrected chi connectivity index (χ4v) is 3.08. The van der Waals surface area contributed by atoms with Gasteiger partial charge in [0.1, 0.15) is 15.9 Å². The molecule has 0 spiro atoms. The van der Waals surface area contributed by atoms with E-state index in [1.54, 1.807) is 7.11 Å². The van der Waals surface area contributed by atoms with E-state index in [9.17, 15) is 4.79 Å². The van der Waals surface area contributed by atoms with Crippen LogP contribution in [-0.4, -0.2) is 17.1 Å². The summed E-state index contributed by atoms with van der Waals surface area (Å²) in [5.74, 6) is 0.690. The molecule has 4 nitrogen and oxygen atoms in total. The highest BCUT2D eigenvalue weighted by atomic mass is 79.9. The van der Waals surface area contributed by atoms with E-state index >= 15 is 0 Å². The van der Waals surface area contributed by atoms with Gasteiger partial charge in [0.15, 0.2) is 0 Å². The third-order valence-corrected chi connectivity index (χ3v) is 4.57. The molecule has 1 N–H and O–H groups in total. The van der Waals surface area contributed by atoms with Crippen molar-refractivity contribution in [2.24, 2.45) is 0 Å². The van der Waals surface area contributed by atoms with Crippen LogP contribution in [-0.2, 0) is 16.8 Å². The van der Waals surface area contributed by atoms with Gasteiger partial charge in [-0.3, -0.25) is 4.79 Å². The van der Waals surface area contributed by atoms with Crippen LogP contribution in [0.25, 0.3) is 0 Å². The predicted molar refractivity (Wildman–Crippen MR) is 73.7 cm³/mol. The van der Waals surface area contributed by atoms with Crippen LogP contribution in [0.4, 0.5) is 0 Å². The third kappa shape index (κ3) is 2.38. The van der Waals surface area contributed by atoms with Crippen LogP contribution >= 0.6 is 15.9 Å². The molecule has 1 heterocycles. The molecule has 1 saturated carbocycles. The molecule has 0 saturated heterocycles. The van der Waals surface area contributed by atoms with Gasteiger partial charge in [-0.1, -0.05) is 26.2 Å². The monoisotopic (exact) mass is 314 g/mol. The first kappa shape index (κ1) is 13.7. The van der Waals surface area contributed by atoms with E-state index in [-0.39, 0.29) is 5.56 Å². The minimum absolute atomic E-state index is 0.112. The first-order valence-corrected chi connectivity index (χ1v) is 7.26. The first-order chi connectivity index (χ1) is 8.63. The molecule has 0 bridgehead atoms. The fourth-order valence-electron chi connectivity index (χ4n) is 2.62. The van der Waals surface area contributed by atoms with Gasteiger partial charge in [-0.25, -0.2) is 4.98 Å². The van der Waals surface area contributed by atoms with Crippen LogP contribution < -0.4 is 5.56 Å². The minimum atomic E-state index is -0.401. The Morgan fingerprint density at radius 1 is 1.39 bits per heavy atom. The van der Waals surface area contributed by atoms with Crippen molar-refractivity contribution < 1.29 is 4.74 Å². The summed E-state index contributed by atoms with van der Waals surface area (Å²) in [7, 11) is 1.71. The molecular weight excluding hydrogens is 296 g/mol. The Morgan fingerprint density at radius 3 is 2.61 bits per heavy atom. The van der Waals surface area contributed by atoms with Gasteiger partial charge in [0, 0.05) is 7.11 Å². The quantitative estimate of drug-likeness (QED) is 0.933. The maximum absolute atomic E-state index is 11.9. The summed E-state index contributed by atoms with van der Waals surface area (Å²) in [6.45, 7) is 2.00. The van der Waals surface area contributed by atoms with Crippen molar-refractivity contribution in [1.29, 1.82) is 0 Å². The van der Waals surface area contributed by atoms with Crippen LogP contribution in [0.1, 0.15) is 50.5 Å². The highest BCUT2D eigenvalue weighted by Gasteiger charge is 2.36. The number of aromatic amines is 1. The normalized spacial score (nSPS) is 18.8. The van der Waals surface area contributed by atoms with Gasteiger partial charge in [0.25, 0.3) is 5.56 Å². The summed E-state index contributed by atoms with van der Waals surface area (Å²) in [6.07, 6.45) is 6.06. The van der Waals surface area contributed by atoms with Gasteiger partial charge in [-0.05, 0) is 35.2 Å². The number of rotatable bonds is 3. The first-order valence-electron chi connectivity index (χ1n) is 6.47. The van der Waals surface area contributed by atoms with E-state index in [1.165, 1.54) is 6.42 Å². The lowest BCUT2D eigenvalue weighted by Crippen LogP contribution is -2.35. The van der Waals surface area contributed by atoms with Gasteiger partial charge in [0.05, 0.1) is 5.69 Å². The largest absolute Gasteiger partial charge is 0.370 e. The molecule has 0 unspecified atom stereocenters. The summed E-state index contributed by atoms with van der Waals surface area (Å²) in [4.78, 5) is 19.4. The Labute approximate surface area is 115 Å². The zero-order chi connectivity index (χ0) is 13.2. The average molecular weight is 315 g/mol. The Balaban J connectivity index is 2.48. The Hall–Kier alpha value is -0.680. The fraction of sp³-hybridized carbons (Fsp3) is 0.692. The number of aromatic nitrogens is 2. The van der Waals surface area contributed by atoms with Crippen LogP contribution in [0.5, 0.6) is 0 Å². The number of ether oxygens (including phenoxy) is 1. The standard InChI is InChI=1S/C13H19BrN2O2/c1-3-9-10(14)11(17)16-12(15-9)13(18-2)7-5-4-6-8-13/h3-8H2,1-2H3,(H,15,16,17). The molecule has 0 aromatic carbocycles. The van der Waals surface area contributed by atoms with Gasteiger partial charge >= 0.3 is 0 Å². The third-order valence-electron chi connectivity index (χ3n) is 3.75. The molecule has 1 aliphatic carbocycles. The van der Waals surface area contributed by atoms with Crippen molar-refractivity contribution >= 4 is 15.9 Å². The molecule has 5 heteroatoms. The summed E-state index contributed by atoms with van der Waals surface area (Å²) >= 11 is 3.29. The Bertz CT molecular complexity index is 478. The summed E-state index contributed by atoms with van der Waals surface area (Å²) in [5.41, 5.74) is 0.289. The van der Waals surface area contributed by atoms with E-state index in [1.807, 2.05) is 6.92 Å². The molecule has 2 rings (SSSR count). The summed E-state index contributed by atoms with van der Waals surface area (Å²) < 4.78 is 6.25. The summed E-state index contributed by atoms with van der Waals surface area (Å²) in [6, 6.07) is 0. The van der Waals surface area contributed by atoms with Crippen molar-refractivity contribution in [3.05, 3.63) is 26.3 Å². The highest BCUT2D eigenvalue weighted by Crippen LogP contribution is 2.38. The lowest BCUT2D eigenvalue weighted by molar-refractivity contribution is -0.0518. The molecule has 100 valence electrons. The average Bonchev–Trinajstić information content (AvgIpc) is 2.42. The number of H-pyrrole nitrogens is 1. The second kappa shape index (κ2) is 5.53. The molecule has 1 aromatic heterocycles. The van der Waals surface area contributed by atoms with E-state index in [0.717, 1.165) is 37.8 Å². The van der Waals surface area contributed by atoms with Crippen LogP contribution in [0.3, 0.4) is 0 Å². The zero-order valence-corrected chi connectivity index (χ0v) is 12.5. The predicted octanol–water partition coefficient (Wildman–Crippen LogP) is 2.90.